The number of aliphatic hydroxyl groups is 1. The topological polar surface area (TPSA) is 93.2 Å². The summed E-state index contributed by atoms with van der Waals surface area (Å²) in [5, 5.41) is 27.1. The van der Waals surface area contributed by atoms with Crippen LogP contribution < -0.4 is 5.32 Å². The van der Waals surface area contributed by atoms with Gasteiger partial charge >= 0.3 is 5.69 Å². The van der Waals surface area contributed by atoms with E-state index in [1.165, 1.54) is 10.9 Å². The number of hydrogen-bond donors (Lipinski definition) is 2. The van der Waals surface area contributed by atoms with Crippen LogP contribution in [0.4, 0.5) is 11.5 Å². The Morgan fingerprint density at radius 3 is 2.88 bits per heavy atom. The molecule has 1 aromatic rings. The fraction of sp³-hybridized carbons (Fsp3) is 0.667. The molecule has 0 saturated carbocycles. The van der Waals surface area contributed by atoms with Crippen molar-refractivity contribution in [2.75, 3.05) is 11.9 Å². The van der Waals surface area contributed by atoms with Crippen molar-refractivity contribution in [1.82, 2.24) is 9.78 Å². The average molecular weight is 228 g/mol. The van der Waals surface area contributed by atoms with Gasteiger partial charge in [0.1, 0.15) is 6.20 Å². The molecule has 0 aliphatic carbocycles. The zero-order valence-corrected chi connectivity index (χ0v) is 9.60. The highest BCUT2D eigenvalue weighted by Gasteiger charge is 2.22. The minimum absolute atomic E-state index is 0.0885. The number of hydrogen-bond acceptors (Lipinski definition) is 5. The summed E-state index contributed by atoms with van der Waals surface area (Å²) in [6, 6.07) is 0. The normalized spacial score (nSPS) is 14.5. The maximum absolute atomic E-state index is 10.7. The molecule has 0 bridgehead atoms. The molecule has 1 heterocycles. The molecule has 7 heteroatoms. The van der Waals surface area contributed by atoms with E-state index in [0.717, 1.165) is 0 Å². The monoisotopic (exact) mass is 228 g/mol. The Hall–Kier alpha value is -1.63. The van der Waals surface area contributed by atoms with E-state index < -0.39 is 10.5 Å². The summed E-state index contributed by atoms with van der Waals surface area (Å²) in [6.07, 6.45) is 1.88. The molecule has 1 unspecified atom stereocenters. The Balaban J connectivity index is 2.77. The molecule has 0 fully saturated rings. The standard InChI is InChI=1S/C9H16N4O3/c1-4-9(2,14)6-10-8-7(13(15)16)5-12(3)11-8/h5,14H,4,6H2,1-3H3,(H,10,11). The molecule has 1 aromatic heterocycles. The van der Waals surface area contributed by atoms with Gasteiger partial charge < -0.3 is 10.4 Å². The quantitative estimate of drug-likeness (QED) is 0.577. The molecule has 90 valence electrons. The van der Waals surface area contributed by atoms with E-state index >= 15 is 0 Å². The third-order valence-corrected chi connectivity index (χ3v) is 2.40. The molecule has 2 N–H and O–H groups in total. The molecule has 16 heavy (non-hydrogen) atoms. The first-order valence-corrected chi connectivity index (χ1v) is 5.00. The second-order valence-corrected chi connectivity index (χ2v) is 4.00. The largest absolute Gasteiger partial charge is 0.388 e. The van der Waals surface area contributed by atoms with Gasteiger partial charge in [-0.1, -0.05) is 6.92 Å². The van der Waals surface area contributed by atoms with Gasteiger partial charge in [0.15, 0.2) is 0 Å². The summed E-state index contributed by atoms with van der Waals surface area (Å²) in [7, 11) is 1.61. The number of aryl methyl sites for hydroxylation is 1. The predicted octanol–water partition coefficient (Wildman–Crippen LogP) is 0.901. The Bertz CT molecular complexity index is 386. The second kappa shape index (κ2) is 4.48. The summed E-state index contributed by atoms with van der Waals surface area (Å²) in [6.45, 7) is 3.73. The van der Waals surface area contributed by atoms with Crippen LogP contribution in [0.2, 0.25) is 0 Å². The van der Waals surface area contributed by atoms with E-state index in [1.807, 2.05) is 6.92 Å². The van der Waals surface area contributed by atoms with E-state index in [-0.39, 0.29) is 18.1 Å². The van der Waals surface area contributed by atoms with Gasteiger partial charge in [-0.05, 0) is 13.3 Å². The number of nitrogens with zero attached hydrogens (tertiary/aromatic N) is 3. The van der Waals surface area contributed by atoms with Crippen LogP contribution in [0.1, 0.15) is 20.3 Å². The van der Waals surface area contributed by atoms with Crippen LogP contribution in [0.5, 0.6) is 0 Å². The van der Waals surface area contributed by atoms with Crippen molar-refractivity contribution in [2.24, 2.45) is 7.05 Å². The lowest BCUT2D eigenvalue weighted by Crippen LogP contribution is -2.32. The van der Waals surface area contributed by atoms with Crippen LogP contribution in [0.25, 0.3) is 0 Å². The van der Waals surface area contributed by atoms with Crippen LogP contribution in [-0.2, 0) is 7.05 Å². The van der Waals surface area contributed by atoms with Gasteiger partial charge in [0, 0.05) is 13.6 Å². The summed E-state index contributed by atoms with van der Waals surface area (Å²) < 4.78 is 1.36. The Morgan fingerprint density at radius 1 is 1.75 bits per heavy atom. The van der Waals surface area contributed by atoms with Crippen molar-refractivity contribution in [3.05, 3.63) is 16.3 Å². The van der Waals surface area contributed by atoms with Gasteiger partial charge in [0.2, 0.25) is 5.82 Å². The maximum atomic E-state index is 10.7. The SMILES string of the molecule is CCC(C)(O)CNc1nn(C)cc1[N+](=O)[O-]. The predicted molar refractivity (Wildman–Crippen MR) is 59.3 cm³/mol. The zero-order chi connectivity index (χ0) is 12.3. The fourth-order valence-corrected chi connectivity index (χ4v) is 1.13. The van der Waals surface area contributed by atoms with Gasteiger partial charge in [-0.15, -0.1) is 5.10 Å². The van der Waals surface area contributed by atoms with Crippen LogP contribution in [0, 0.1) is 10.1 Å². The summed E-state index contributed by atoms with van der Waals surface area (Å²) in [4.78, 5) is 10.2. The molecule has 0 aromatic carbocycles. The highest BCUT2D eigenvalue weighted by Crippen LogP contribution is 2.22. The van der Waals surface area contributed by atoms with Crippen LogP contribution >= 0.6 is 0 Å². The first-order valence-electron chi connectivity index (χ1n) is 5.00. The first kappa shape index (κ1) is 12.4. The van der Waals surface area contributed by atoms with E-state index in [9.17, 15) is 15.2 Å². The van der Waals surface area contributed by atoms with Crippen LogP contribution in [0.3, 0.4) is 0 Å². The minimum atomic E-state index is -0.897. The molecule has 0 aliphatic heterocycles. The highest BCUT2D eigenvalue weighted by atomic mass is 16.6. The molecule has 0 spiro atoms. The number of nitro groups is 1. The average Bonchev–Trinajstić information content (AvgIpc) is 2.57. The van der Waals surface area contributed by atoms with E-state index in [1.54, 1.807) is 14.0 Å². The number of anilines is 1. The van der Waals surface area contributed by atoms with Crippen molar-refractivity contribution >= 4 is 11.5 Å². The fourth-order valence-electron chi connectivity index (χ4n) is 1.13. The van der Waals surface area contributed by atoms with Crippen molar-refractivity contribution in [2.45, 2.75) is 25.9 Å². The Labute approximate surface area is 93.2 Å². The Kier molecular flexibility index (Phi) is 3.48. The summed E-state index contributed by atoms with van der Waals surface area (Å²) in [5.74, 6) is 0.182. The molecule has 0 saturated heterocycles. The first-order chi connectivity index (χ1) is 7.35. The molecule has 0 radical (unpaired) electrons. The van der Waals surface area contributed by atoms with Crippen molar-refractivity contribution in [3.8, 4) is 0 Å². The van der Waals surface area contributed by atoms with Gasteiger partial charge in [-0.25, -0.2) is 0 Å². The molecule has 0 aliphatic rings. The molecule has 7 nitrogen and oxygen atoms in total. The van der Waals surface area contributed by atoms with Crippen LogP contribution in [-0.4, -0.2) is 32.0 Å². The van der Waals surface area contributed by atoms with E-state index in [4.69, 9.17) is 0 Å². The van der Waals surface area contributed by atoms with Crippen molar-refractivity contribution < 1.29 is 10.0 Å². The zero-order valence-electron chi connectivity index (χ0n) is 9.60. The lowest BCUT2D eigenvalue weighted by atomic mass is 10.0. The second-order valence-electron chi connectivity index (χ2n) is 4.00. The third-order valence-electron chi connectivity index (χ3n) is 2.40. The number of aromatic nitrogens is 2. The Morgan fingerprint density at radius 2 is 2.38 bits per heavy atom. The van der Waals surface area contributed by atoms with Gasteiger partial charge in [0.25, 0.3) is 0 Å². The molecule has 1 rings (SSSR count). The van der Waals surface area contributed by atoms with Gasteiger partial charge in [-0.3, -0.25) is 14.8 Å². The highest BCUT2D eigenvalue weighted by molar-refractivity contribution is 5.54. The minimum Gasteiger partial charge on any atom is -0.388 e. The third kappa shape index (κ3) is 2.93. The lowest BCUT2D eigenvalue weighted by Gasteiger charge is -2.21. The van der Waals surface area contributed by atoms with Gasteiger partial charge in [-0.2, -0.15) is 0 Å². The molecular weight excluding hydrogens is 212 g/mol. The summed E-state index contributed by atoms with van der Waals surface area (Å²) >= 11 is 0. The smallest absolute Gasteiger partial charge is 0.330 e. The van der Waals surface area contributed by atoms with Crippen molar-refractivity contribution in [3.63, 3.8) is 0 Å². The van der Waals surface area contributed by atoms with Crippen LogP contribution in [0.15, 0.2) is 6.20 Å². The maximum Gasteiger partial charge on any atom is 0.330 e. The van der Waals surface area contributed by atoms with E-state index in [0.29, 0.717) is 6.42 Å². The summed E-state index contributed by atoms with van der Waals surface area (Å²) in [5.41, 5.74) is -0.986. The molecular formula is C9H16N4O3. The van der Waals surface area contributed by atoms with Crippen molar-refractivity contribution in [1.29, 1.82) is 0 Å². The number of rotatable bonds is 5. The van der Waals surface area contributed by atoms with Gasteiger partial charge in [0.05, 0.1) is 10.5 Å². The number of nitrogens with one attached hydrogen (secondary N) is 1. The van der Waals surface area contributed by atoms with E-state index in [2.05, 4.69) is 10.4 Å². The molecule has 0 amide bonds. The molecule has 1 atom stereocenters. The lowest BCUT2D eigenvalue weighted by molar-refractivity contribution is -0.384.